The normalized spacial score (nSPS) is 18.6. The van der Waals surface area contributed by atoms with Crippen LogP contribution in [0.4, 0.5) is 10.2 Å². The Morgan fingerprint density at radius 2 is 2.00 bits per heavy atom. The number of halogens is 1. The number of piperidine rings is 1. The molecule has 0 atom stereocenters. The maximum absolute atomic E-state index is 16.2. The van der Waals surface area contributed by atoms with E-state index < -0.39 is 0 Å². The van der Waals surface area contributed by atoms with Crippen LogP contribution in [-0.2, 0) is 4.74 Å². The number of aromatic amines is 1. The maximum atomic E-state index is 16.2. The second-order valence-electron chi connectivity index (χ2n) is 11.1. The first kappa shape index (κ1) is 22.5. The zero-order valence-corrected chi connectivity index (χ0v) is 20.9. The summed E-state index contributed by atoms with van der Waals surface area (Å²) in [5.41, 5.74) is 5.78. The SMILES string of the molecule is Cc1cc(-c2[nH]c3cnc(N4CCC(CC5(C)COC5)CC4)c(F)c3c2C(C)C)cn2ncnc12. The van der Waals surface area contributed by atoms with Gasteiger partial charge in [-0.1, -0.05) is 20.8 Å². The number of anilines is 1. The number of pyridine rings is 2. The Bertz CT molecular complexity index is 1390. The first-order valence-corrected chi connectivity index (χ1v) is 12.7. The van der Waals surface area contributed by atoms with Crippen molar-refractivity contribution in [1.29, 1.82) is 0 Å². The Balaban J connectivity index is 1.35. The Morgan fingerprint density at radius 3 is 2.69 bits per heavy atom. The van der Waals surface area contributed by atoms with Gasteiger partial charge in [-0.2, -0.15) is 5.10 Å². The first-order chi connectivity index (χ1) is 16.8. The van der Waals surface area contributed by atoms with Crippen molar-refractivity contribution in [1.82, 2.24) is 24.6 Å². The first-order valence-electron chi connectivity index (χ1n) is 12.7. The van der Waals surface area contributed by atoms with Crippen LogP contribution in [0.5, 0.6) is 0 Å². The van der Waals surface area contributed by atoms with Crippen LogP contribution in [0.3, 0.4) is 0 Å². The van der Waals surface area contributed by atoms with Crippen LogP contribution >= 0.6 is 0 Å². The molecule has 0 saturated carbocycles. The summed E-state index contributed by atoms with van der Waals surface area (Å²) in [4.78, 5) is 14.5. The molecule has 6 heterocycles. The molecule has 2 aliphatic rings. The summed E-state index contributed by atoms with van der Waals surface area (Å²) >= 11 is 0. The van der Waals surface area contributed by atoms with Gasteiger partial charge < -0.3 is 14.6 Å². The van der Waals surface area contributed by atoms with Crippen molar-refractivity contribution in [3.05, 3.63) is 41.7 Å². The average molecular weight is 477 g/mol. The fraction of sp³-hybridized carbons (Fsp3) is 0.519. The molecule has 35 heavy (non-hydrogen) atoms. The minimum absolute atomic E-state index is 0.131. The van der Waals surface area contributed by atoms with Gasteiger partial charge in [0.1, 0.15) is 6.33 Å². The highest BCUT2D eigenvalue weighted by molar-refractivity contribution is 5.93. The molecule has 0 unspecified atom stereocenters. The van der Waals surface area contributed by atoms with Gasteiger partial charge in [0, 0.05) is 35.7 Å². The van der Waals surface area contributed by atoms with E-state index >= 15 is 4.39 Å². The molecule has 0 bridgehead atoms. The van der Waals surface area contributed by atoms with Crippen molar-refractivity contribution in [2.75, 3.05) is 31.2 Å². The van der Waals surface area contributed by atoms with Gasteiger partial charge in [0.15, 0.2) is 17.3 Å². The molecule has 2 fully saturated rings. The van der Waals surface area contributed by atoms with Gasteiger partial charge in [-0.25, -0.2) is 18.9 Å². The fourth-order valence-corrected chi connectivity index (χ4v) is 6.03. The molecule has 2 aliphatic heterocycles. The molecule has 7 nitrogen and oxygen atoms in total. The molecule has 6 rings (SSSR count). The van der Waals surface area contributed by atoms with E-state index in [1.807, 2.05) is 13.1 Å². The highest BCUT2D eigenvalue weighted by Gasteiger charge is 2.37. The van der Waals surface area contributed by atoms with Crippen molar-refractivity contribution in [2.24, 2.45) is 11.3 Å². The largest absolute Gasteiger partial charge is 0.380 e. The number of hydrogen-bond donors (Lipinski definition) is 1. The summed E-state index contributed by atoms with van der Waals surface area (Å²) in [5, 5.41) is 4.97. The van der Waals surface area contributed by atoms with Crippen LogP contribution < -0.4 is 4.90 Å². The number of nitrogens with one attached hydrogen (secondary N) is 1. The molecule has 1 N–H and O–H groups in total. The predicted molar refractivity (Wildman–Crippen MR) is 135 cm³/mol. The van der Waals surface area contributed by atoms with Crippen LogP contribution in [0, 0.1) is 24.1 Å². The van der Waals surface area contributed by atoms with Crippen LogP contribution in [0.2, 0.25) is 0 Å². The minimum atomic E-state index is -0.218. The smallest absolute Gasteiger partial charge is 0.175 e. The molecule has 0 aromatic carbocycles. The van der Waals surface area contributed by atoms with Gasteiger partial charge in [-0.15, -0.1) is 0 Å². The molecule has 8 heteroatoms. The highest BCUT2D eigenvalue weighted by atomic mass is 19.1. The van der Waals surface area contributed by atoms with Gasteiger partial charge in [0.25, 0.3) is 0 Å². The number of hydrogen-bond acceptors (Lipinski definition) is 5. The molecule has 0 radical (unpaired) electrons. The third-order valence-electron chi connectivity index (χ3n) is 7.82. The lowest BCUT2D eigenvalue weighted by Gasteiger charge is -2.43. The van der Waals surface area contributed by atoms with E-state index in [2.05, 4.69) is 51.8 Å². The van der Waals surface area contributed by atoms with Crippen molar-refractivity contribution < 1.29 is 9.13 Å². The molecule has 0 amide bonds. The highest BCUT2D eigenvalue weighted by Crippen LogP contribution is 2.41. The van der Waals surface area contributed by atoms with E-state index in [4.69, 9.17) is 4.74 Å². The molecule has 4 aromatic rings. The number of nitrogens with zero attached hydrogens (tertiary/aromatic N) is 5. The molecule has 0 aliphatic carbocycles. The van der Waals surface area contributed by atoms with E-state index in [0.29, 0.717) is 22.5 Å². The van der Waals surface area contributed by atoms with Crippen molar-refractivity contribution in [3.63, 3.8) is 0 Å². The lowest BCUT2D eigenvalue weighted by molar-refractivity contribution is -0.114. The molecule has 0 spiro atoms. The number of ether oxygens (including phenoxy) is 1. The molecular weight excluding hydrogens is 443 g/mol. The van der Waals surface area contributed by atoms with Gasteiger partial charge in [0.2, 0.25) is 0 Å². The third-order valence-corrected chi connectivity index (χ3v) is 7.82. The van der Waals surface area contributed by atoms with Crippen molar-refractivity contribution in [2.45, 2.75) is 52.9 Å². The summed E-state index contributed by atoms with van der Waals surface area (Å²) in [6.45, 7) is 12.0. The predicted octanol–water partition coefficient (Wildman–Crippen LogP) is 5.49. The second kappa shape index (κ2) is 8.29. The third kappa shape index (κ3) is 3.78. The van der Waals surface area contributed by atoms with Crippen LogP contribution in [0.1, 0.15) is 57.1 Å². The summed E-state index contributed by atoms with van der Waals surface area (Å²) in [5.74, 6) is 1.06. The van der Waals surface area contributed by atoms with E-state index in [9.17, 15) is 0 Å². The Hall–Kier alpha value is -3.00. The zero-order valence-electron chi connectivity index (χ0n) is 20.9. The lowest BCUT2D eigenvalue weighted by Crippen LogP contribution is -2.43. The number of aryl methyl sites for hydroxylation is 1. The van der Waals surface area contributed by atoms with Crippen molar-refractivity contribution in [3.8, 4) is 11.3 Å². The van der Waals surface area contributed by atoms with Crippen LogP contribution in [-0.4, -0.2) is 50.9 Å². The number of H-pyrrole nitrogens is 1. The topological polar surface area (TPSA) is 71.3 Å². The molecule has 2 saturated heterocycles. The van der Waals surface area contributed by atoms with Crippen molar-refractivity contribution >= 4 is 22.4 Å². The van der Waals surface area contributed by atoms with Gasteiger partial charge in [-0.05, 0) is 55.2 Å². The monoisotopic (exact) mass is 476 g/mol. The van der Waals surface area contributed by atoms with E-state index in [-0.39, 0.29) is 11.7 Å². The van der Waals surface area contributed by atoms with Gasteiger partial charge >= 0.3 is 0 Å². The summed E-state index contributed by atoms with van der Waals surface area (Å²) in [6.07, 6.45) is 8.64. The fourth-order valence-electron chi connectivity index (χ4n) is 6.03. The Labute approximate surface area is 204 Å². The number of aromatic nitrogens is 5. The molecule has 4 aromatic heterocycles. The van der Waals surface area contributed by atoms with Gasteiger partial charge in [-0.3, -0.25) is 0 Å². The molecule has 184 valence electrons. The quantitative estimate of drug-likeness (QED) is 0.413. The van der Waals surface area contributed by atoms with Gasteiger partial charge in [0.05, 0.1) is 30.6 Å². The van der Waals surface area contributed by atoms with E-state index in [1.54, 1.807) is 17.0 Å². The standard InChI is InChI=1S/C27H33FN6O/c1-16(2)21-22-20(32-24(21)19-9-17(3)25-30-15-31-34(25)12-19)11-29-26(23(22)28)33-7-5-18(6-8-33)10-27(4)13-35-14-27/h9,11-12,15-16,18,32H,5-8,10,13-14H2,1-4H3. The number of rotatable bonds is 5. The van der Waals surface area contributed by atoms with Crippen LogP contribution in [0.15, 0.2) is 24.8 Å². The minimum Gasteiger partial charge on any atom is -0.380 e. The average Bonchev–Trinajstić information content (AvgIpc) is 3.44. The Kier molecular flexibility index (Phi) is 5.32. The summed E-state index contributed by atoms with van der Waals surface area (Å²) in [7, 11) is 0. The maximum Gasteiger partial charge on any atom is 0.175 e. The second-order valence-corrected chi connectivity index (χ2v) is 11.1. The number of fused-ring (bicyclic) bond motifs is 2. The Morgan fingerprint density at radius 1 is 1.23 bits per heavy atom. The van der Waals surface area contributed by atoms with E-state index in [1.165, 1.54) is 6.42 Å². The summed E-state index contributed by atoms with van der Waals surface area (Å²) in [6, 6.07) is 2.09. The van der Waals surface area contributed by atoms with E-state index in [0.717, 1.165) is 72.7 Å². The molecular formula is C27H33FN6O. The zero-order chi connectivity index (χ0) is 24.3. The van der Waals surface area contributed by atoms with Crippen LogP contribution in [0.25, 0.3) is 27.8 Å². The lowest BCUT2D eigenvalue weighted by atomic mass is 9.76. The summed E-state index contributed by atoms with van der Waals surface area (Å²) < 4.78 is 23.4.